The van der Waals surface area contributed by atoms with Gasteiger partial charge in [-0.15, -0.1) is 0 Å². The van der Waals surface area contributed by atoms with Crippen molar-refractivity contribution in [3.63, 3.8) is 0 Å². The van der Waals surface area contributed by atoms with Crippen molar-refractivity contribution in [1.29, 1.82) is 0 Å². The first kappa shape index (κ1) is 12.2. The van der Waals surface area contributed by atoms with Crippen LogP contribution in [-0.2, 0) is 11.3 Å². The number of benzene rings is 1. The van der Waals surface area contributed by atoms with E-state index in [1.165, 1.54) is 4.57 Å². The number of amides is 1. The molecule has 2 rings (SSSR count). The third kappa shape index (κ3) is 2.37. The molecule has 3 N–H and O–H groups in total. The molecule has 6 nitrogen and oxygen atoms in total. The molecule has 0 bridgehead atoms. The first-order chi connectivity index (χ1) is 8.61. The summed E-state index contributed by atoms with van der Waals surface area (Å²) in [4.78, 5) is 23.2. The molecule has 0 aliphatic carbocycles. The molecule has 0 aliphatic heterocycles. The highest BCUT2D eigenvalue weighted by Crippen LogP contribution is 2.15. The number of hydrogen-bond acceptors (Lipinski definition) is 4. The van der Waals surface area contributed by atoms with Gasteiger partial charge >= 0.3 is 5.76 Å². The van der Waals surface area contributed by atoms with E-state index in [1.807, 2.05) is 6.92 Å². The van der Waals surface area contributed by atoms with Crippen molar-refractivity contribution in [3.05, 3.63) is 28.7 Å². The van der Waals surface area contributed by atoms with Gasteiger partial charge in [0, 0.05) is 12.2 Å². The second kappa shape index (κ2) is 4.95. The predicted molar refractivity (Wildman–Crippen MR) is 68.2 cm³/mol. The Morgan fingerprint density at radius 2 is 2.28 bits per heavy atom. The van der Waals surface area contributed by atoms with Gasteiger partial charge in [-0.1, -0.05) is 6.92 Å². The average molecular weight is 249 g/mol. The molecule has 1 aromatic carbocycles. The van der Waals surface area contributed by atoms with Crippen LogP contribution in [0.1, 0.15) is 13.3 Å². The van der Waals surface area contributed by atoms with Gasteiger partial charge in [0.05, 0.1) is 5.52 Å². The number of nitrogens with zero attached hydrogens (tertiary/aromatic N) is 1. The summed E-state index contributed by atoms with van der Waals surface area (Å²) in [6, 6.07) is 4.88. The number of carbonyl (C=O) groups excluding carboxylic acids is 1. The van der Waals surface area contributed by atoms with Gasteiger partial charge in [-0.25, -0.2) is 4.79 Å². The maximum atomic E-state index is 11.6. The first-order valence-electron chi connectivity index (χ1n) is 5.77. The highest BCUT2D eigenvalue weighted by molar-refractivity contribution is 5.81. The van der Waals surface area contributed by atoms with Crippen LogP contribution in [0.5, 0.6) is 0 Å². The van der Waals surface area contributed by atoms with Crippen LogP contribution in [-0.4, -0.2) is 17.0 Å². The fourth-order valence-electron chi connectivity index (χ4n) is 1.69. The summed E-state index contributed by atoms with van der Waals surface area (Å²) in [6.45, 7) is 2.49. The highest BCUT2D eigenvalue weighted by Gasteiger charge is 2.12. The van der Waals surface area contributed by atoms with E-state index in [-0.39, 0.29) is 12.5 Å². The third-order valence-electron chi connectivity index (χ3n) is 2.57. The largest absolute Gasteiger partial charge is 0.420 e. The lowest BCUT2D eigenvalue weighted by molar-refractivity contribution is -0.121. The molecule has 0 saturated heterocycles. The fourth-order valence-corrected chi connectivity index (χ4v) is 1.69. The molecule has 18 heavy (non-hydrogen) atoms. The summed E-state index contributed by atoms with van der Waals surface area (Å²) in [6.07, 6.45) is 0.847. The molecule has 2 aromatic rings. The number of fused-ring (bicyclic) bond motifs is 1. The molecular weight excluding hydrogens is 234 g/mol. The topological polar surface area (TPSA) is 90.3 Å². The van der Waals surface area contributed by atoms with E-state index in [0.717, 1.165) is 6.42 Å². The van der Waals surface area contributed by atoms with E-state index in [1.54, 1.807) is 18.2 Å². The first-order valence-corrected chi connectivity index (χ1v) is 5.77. The molecule has 0 saturated carbocycles. The van der Waals surface area contributed by atoms with E-state index in [2.05, 4.69) is 5.32 Å². The SMILES string of the molecule is CCCNC(=O)Cn1c(=O)oc2ccc(N)cc21. The normalized spacial score (nSPS) is 10.7. The van der Waals surface area contributed by atoms with Crippen LogP contribution >= 0.6 is 0 Å². The Morgan fingerprint density at radius 1 is 1.50 bits per heavy atom. The molecule has 96 valence electrons. The highest BCUT2D eigenvalue weighted by atomic mass is 16.4. The summed E-state index contributed by atoms with van der Waals surface area (Å²) in [5.74, 6) is -0.772. The van der Waals surface area contributed by atoms with Gasteiger partial charge in [-0.05, 0) is 24.6 Å². The van der Waals surface area contributed by atoms with E-state index >= 15 is 0 Å². The third-order valence-corrected chi connectivity index (χ3v) is 2.57. The molecule has 0 atom stereocenters. The minimum Gasteiger partial charge on any atom is -0.408 e. The zero-order chi connectivity index (χ0) is 13.1. The van der Waals surface area contributed by atoms with Crippen molar-refractivity contribution in [2.75, 3.05) is 12.3 Å². The lowest BCUT2D eigenvalue weighted by atomic mass is 10.3. The monoisotopic (exact) mass is 249 g/mol. The van der Waals surface area contributed by atoms with E-state index in [9.17, 15) is 9.59 Å². The molecule has 1 heterocycles. The van der Waals surface area contributed by atoms with Crippen LogP contribution in [0.25, 0.3) is 11.1 Å². The van der Waals surface area contributed by atoms with Gasteiger partial charge in [0.25, 0.3) is 0 Å². The number of nitrogen functional groups attached to an aromatic ring is 1. The summed E-state index contributed by atoms with van der Waals surface area (Å²) < 4.78 is 6.31. The van der Waals surface area contributed by atoms with Crippen molar-refractivity contribution in [3.8, 4) is 0 Å². The molecule has 1 amide bonds. The van der Waals surface area contributed by atoms with Crippen LogP contribution in [0, 0.1) is 0 Å². The Bertz CT molecular complexity index is 627. The number of hydrogen-bond donors (Lipinski definition) is 2. The van der Waals surface area contributed by atoms with Gasteiger partial charge in [0.2, 0.25) is 5.91 Å². The molecule has 0 fully saturated rings. The number of nitrogens with one attached hydrogen (secondary N) is 1. The maximum absolute atomic E-state index is 11.6. The van der Waals surface area contributed by atoms with Gasteiger partial charge in [-0.2, -0.15) is 0 Å². The second-order valence-corrected chi connectivity index (χ2v) is 4.03. The summed E-state index contributed by atoms with van der Waals surface area (Å²) >= 11 is 0. The Kier molecular flexibility index (Phi) is 3.36. The standard InChI is InChI=1S/C12H15N3O3/c1-2-5-14-11(16)7-15-9-6-8(13)3-4-10(9)18-12(15)17/h3-4,6H,2,5,7,13H2,1H3,(H,14,16). The van der Waals surface area contributed by atoms with Crippen LogP contribution in [0.4, 0.5) is 5.69 Å². The minimum absolute atomic E-state index is 0.0602. The predicted octanol–water partition coefficient (Wildman–Crippen LogP) is 0.703. The Hall–Kier alpha value is -2.24. The molecule has 1 aromatic heterocycles. The minimum atomic E-state index is -0.553. The lowest BCUT2D eigenvalue weighted by Gasteiger charge is -2.04. The number of oxazole rings is 1. The zero-order valence-electron chi connectivity index (χ0n) is 10.1. The number of nitrogens with two attached hydrogens (primary N) is 1. The number of rotatable bonds is 4. The number of carbonyl (C=O) groups is 1. The quantitative estimate of drug-likeness (QED) is 0.780. The summed E-state index contributed by atoms with van der Waals surface area (Å²) in [7, 11) is 0. The molecule has 6 heteroatoms. The average Bonchev–Trinajstić information content (AvgIpc) is 2.63. The van der Waals surface area contributed by atoms with Crippen LogP contribution < -0.4 is 16.8 Å². The zero-order valence-corrected chi connectivity index (χ0v) is 10.1. The van der Waals surface area contributed by atoms with Gasteiger partial charge in [0.15, 0.2) is 5.58 Å². The molecule has 0 spiro atoms. The lowest BCUT2D eigenvalue weighted by Crippen LogP contribution is -2.31. The molecule has 0 unspecified atom stereocenters. The summed E-state index contributed by atoms with van der Waals surface area (Å²) in [5, 5.41) is 2.71. The van der Waals surface area contributed by atoms with E-state index in [4.69, 9.17) is 10.2 Å². The number of anilines is 1. The van der Waals surface area contributed by atoms with Crippen molar-refractivity contribution in [2.45, 2.75) is 19.9 Å². The van der Waals surface area contributed by atoms with Crippen LogP contribution in [0.15, 0.2) is 27.4 Å². The van der Waals surface area contributed by atoms with Crippen molar-refractivity contribution in [1.82, 2.24) is 9.88 Å². The Balaban J connectivity index is 2.32. The van der Waals surface area contributed by atoms with E-state index < -0.39 is 5.76 Å². The summed E-state index contributed by atoms with van der Waals surface area (Å²) in [5.41, 5.74) is 7.14. The van der Waals surface area contributed by atoms with Crippen molar-refractivity contribution >= 4 is 22.7 Å². The Labute approximate surface area is 103 Å². The van der Waals surface area contributed by atoms with Gasteiger partial charge < -0.3 is 15.5 Å². The maximum Gasteiger partial charge on any atom is 0.420 e. The number of aromatic nitrogens is 1. The molecule has 0 radical (unpaired) electrons. The Morgan fingerprint density at radius 3 is 3.00 bits per heavy atom. The van der Waals surface area contributed by atoms with Crippen LogP contribution in [0.2, 0.25) is 0 Å². The van der Waals surface area contributed by atoms with Gasteiger partial charge in [-0.3, -0.25) is 9.36 Å². The van der Waals surface area contributed by atoms with Crippen LogP contribution in [0.3, 0.4) is 0 Å². The smallest absolute Gasteiger partial charge is 0.408 e. The van der Waals surface area contributed by atoms with Crippen molar-refractivity contribution < 1.29 is 9.21 Å². The fraction of sp³-hybridized carbons (Fsp3) is 0.333. The van der Waals surface area contributed by atoms with E-state index in [0.29, 0.717) is 23.3 Å². The second-order valence-electron chi connectivity index (χ2n) is 4.03. The van der Waals surface area contributed by atoms with Gasteiger partial charge in [0.1, 0.15) is 6.54 Å². The van der Waals surface area contributed by atoms with Crippen molar-refractivity contribution in [2.24, 2.45) is 0 Å². The molecular formula is C12H15N3O3. The molecule has 0 aliphatic rings.